The van der Waals surface area contributed by atoms with E-state index in [1.165, 1.54) is 0 Å². The standard InChI is InChI=1S/C9H16N4O/c1-7-8(6-11-13(7)3)9(14)12(2)5-4-10/h6H,4-5,10H2,1-3H3. The number of hydrogen-bond donors (Lipinski definition) is 1. The number of amides is 1. The van der Waals surface area contributed by atoms with E-state index in [-0.39, 0.29) is 5.91 Å². The molecule has 0 aromatic carbocycles. The summed E-state index contributed by atoms with van der Waals surface area (Å²) < 4.78 is 1.68. The molecule has 0 aliphatic heterocycles. The van der Waals surface area contributed by atoms with Crippen molar-refractivity contribution >= 4 is 5.91 Å². The third-order valence-electron chi connectivity index (χ3n) is 2.28. The van der Waals surface area contributed by atoms with E-state index >= 15 is 0 Å². The van der Waals surface area contributed by atoms with Crippen LogP contribution in [0, 0.1) is 6.92 Å². The van der Waals surface area contributed by atoms with Crippen LogP contribution in [-0.4, -0.2) is 40.7 Å². The minimum atomic E-state index is -0.0268. The Morgan fingerprint density at radius 3 is 2.79 bits per heavy atom. The maximum atomic E-state index is 11.8. The number of nitrogens with two attached hydrogens (primary N) is 1. The molecule has 0 aliphatic carbocycles. The van der Waals surface area contributed by atoms with Crippen LogP contribution in [0.25, 0.3) is 0 Å². The lowest BCUT2D eigenvalue weighted by Crippen LogP contribution is -2.31. The Bertz CT molecular complexity index is 332. The molecule has 0 atom stereocenters. The number of nitrogens with zero attached hydrogens (tertiary/aromatic N) is 3. The number of carbonyl (C=O) groups is 1. The zero-order valence-corrected chi connectivity index (χ0v) is 8.82. The molecule has 0 spiro atoms. The van der Waals surface area contributed by atoms with Crippen molar-refractivity contribution in [1.82, 2.24) is 14.7 Å². The fraction of sp³-hybridized carbons (Fsp3) is 0.556. The van der Waals surface area contributed by atoms with Crippen molar-refractivity contribution in [2.24, 2.45) is 12.8 Å². The van der Waals surface area contributed by atoms with Crippen LogP contribution in [0.1, 0.15) is 16.1 Å². The highest BCUT2D eigenvalue weighted by Crippen LogP contribution is 2.07. The maximum Gasteiger partial charge on any atom is 0.257 e. The van der Waals surface area contributed by atoms with Crippen LogP contribution in [0.2, 0.25) is 0 Å². The fourth-order valence-corrected chi connectivity index (χ4v) is 1.21. The second kappa shape index (κ2) is 4.23. The number of rotatable bonds is 3. The molecule has 5 heteroatoms. The van der Waals surface area contributed by atoms with E-state index in [1.807, 2.05) is 14.0 Å². The van der Waals surface area contributed by atoms with Gasteiger partial charge in [-0.3, -0.25) is 9.48 Å². The van der Waals surface area contributed by atoms with Crippen molar-refractivity contribution in [3.63, 3.8) is 0 Å². The van der Waals surface area contributed by atoms with Crippen molar-refractivity contribution < 1.29 is 4.79 Å². The first-order valence-electron chi connectivity index (χ1n) is 4.52. The number of aromatic nitrogens is 2. The SMILES string of the molecule is Cc1c(C(=O)N(C)CCN)cnn1C. The van der Waals surface area contributed by atoms with E-state index < -0.39 is 0 Å². The smallest absolute Gasteiger partial charge is 0.257 e. The zero-order valence-electron chi connectivity index (χ0n) is 8.82. The normalized spacial score (nSPS) is 10.3. The van der Waals surface area contributed by atoms with Gasteiger partial charge in [0.05, 0.1) is 11.8 Å². The van der Waals surface area contributed by atoms with Crippen molar-refractivity contribution in [2.75, 3.05) is 20.1 Å². The number of likely N-dealkylation sites (N-methyl/N-ethyl adjacent to an activating group) is 1. The second-order valence-electron chi connectivity index (χ2n) is 3.28. The third-order valence-corrected chi connectivity index (χ3v) is 2.28. The highest BCUT2D eigenvalue weighted by molar-refractivity contribution is 5.94. The average Bonchev–Trinajstić information content (AvgIpc) is 2.47. The largest absolute Gasteiger partial charge is 0.340 e. The molecule has 0 unspecified atom stereocenters. The summed E-state index contributed by atoms with van der Waals surface area (Å²) in [6, 6.07) is 0. The predicted molar refractivity (Wildman–Crippen MR) is 54.0 cm³/mol. The summed E-state index contributed by atoms with van der Waals surface area (Å²) in [6.45, 7) is 2.91. The molecule has 2 N–H and O–H groups in total. The average molecular weight is 196 g/mol. The van der Waals surface area contributed by atoms with Crippen LogP contribution >= 0.6 is 0 Å². The molecule has 1 rings (SSSR count). The van der Waals surface area contributed by atoms with Crippen LogP contribution in [-0.2, 0) is 7.05 Å². The number of hydrogen-bond acceptors (Lipinski definition) is 3. The summed E-state index contributed by atoms with van der Waals surface area (Å²) >= 11 is 0. The summed E-state index contributed by atoms with van der Waals surface area (Å²) in [4.78, 5) is 13.4. The van der Waals surface area contributed by atoms with Gasteiger partial charge in [0, 0.05) is 32.9 Å². The molecule has 78 valence electrons. The maximum absolute atomic E-state index is 11.8. The van der Waals surface area contributed by atoms with Gasteiger partial charge in [0.2, 0.25) is 0 Å². The van der Waals surface area contributed by atoms with Crippen LogP contribution in [0.4, 0.5) is 0 Å². The van der Waals surface area contributed by atoms with Crippen molar-refractivity contribution in [1.29, 1.82) is 0 Å². The van der Waals surface area contributed by atoms with Crippen LogP contribution in [0.3, 0.4) is 0 Å². The van der Waals surface area contributed by atoms with Gasteiger partial charge in [0.1, 0.15) is 0 Å². The van der Waals surface area contributed by atoms with Gasteiger partial charge < -0.3 is 10.6 Å². The molecule has 1 heterocycles. The summed E-state index contributed by atoms with van der Waals surface area (Å²) in [5.41, 5.74) is 6.89. The van der Waals surface area contributed by atoms with E-state index in [4.69, 9.17) is 5.73 Å². The Morgan fingerprint density at radius 2 is 2.36 bits per heavy atom. The van der Waals surface area contributed by atoms with Crippen LogP contribution in [0.5, 0.6) is 0 Å². The highest BCUT2D eigenvalue weighted by Gasteiger charge is 2.15. The molecule has 1 amide bonds. The van der Waals surface area contributed by atoms with E-state index in [1.54, 1.807) is 22.8 Å². The topological polar surface area (TPSA) is 64.2 Å². The van der Waals surface area contributed by atoms with Crippen LogP contribution in [0.15, 0.2) is 6.20 Å². The molecule has 0 fully saturated rings. The van der Waals surface area contributed by atoms with Gasteiger partial charge in [-0.25, -0.2) is 0 Å². The molecule has 14 heavy (non-hydrogen) atoms. The predicted octanol–water partition coefficient (Wildman–Crippen LogP) is -0.241. The summed E-state index contributed by atoms with van der Waals surface area (Å²) in [6.07, 6.45) is 1.59. The fourth-order valence-electron chi connectivity index (χ4n) is 1.21. The first kappa shape index (κ1) is 10.7. The van der Waals surface area contributed by atoms with Gasteiger partial charge in [-0.05, 0) is 6.92 Å². The molecular weight excluding hydrogens is 180 g/mol. The molecule has 0 aliphatic rings. The zero-order chi connectivity index (χ0) is 10.7. The molecule has 1 aromatic heterocycles. The van der Waals surface area contributed by atoms with Crippen molar-refractivity contribution in [3.05, 3.63) is 17.5 Å². The van der Waals surface area contributed by atoms with E-state index in [0.29, 0.717) is 18.7 Å². The molecule has 0 bridgehead atoms. The van der Waals surface area contributed by atoms with Crippen molar-refractivity contribution in [3.8, 4) is 0 Å². The Balaban J connectivity index is 2.84. The molecule has 5 nitrogen and oxygen atoms in total. The third kappa shape index (κ3) is 1.93. The minimum Gasteiger partial charge on any atom is -0.340 e. The Morgan fingerprint density at radius 1 is 1.71 bits per heavy atom. The summed E-state index contributed by atoms with van der Waals surface area (Å²) in [7, 11) is 3.55. The number of carbonyl (C=O) groups excluding carboxylic acids is 1. The lowest BCUT2D eigenvalue weighted by atomic mass is 10.2. The summed E-state index contributed by atoms with van der Waals surface area (Å²) in [5.74, 6) is -0.0268. The second-order valence-corrected chi connectivity index (χ2v) is 3.28. The van der Waals surface area contributed by atoms with Gasteiger partial charge in [0.15, 0.2) is 0 Å². The molecule has 0 saturated carbocycles. The first-order valence-corrected chi connectivity index (χ1v) is 4.52. The quantitative estimate of drug-likeness (QED) is 0.725. The Labute approximate surface area is 83.5 Å². The van der Waals surface area contributed by atoms with Crippen molar-refractivity contribution in [2.45, 2.75) is 6.92 Å². The Hall–Kier alpha value is -1.36. The lowest BCUT2D eigenvalue weighted by Gasteiger charge is -2.15. The van der Waals surface area contributed by atoms with Gasteiger partial charge in [-0.2, -0.15) is 5.10 Å². The summed E-state index contributed by atoms with van der Waals surface area (Å²) in [5, 5.41) is 4.02. The Kier molecular flexibility index (Phi) is 3.24. The molecule has 1 aromatic rings. The van der Waals surface area contributed by atoms with Gasteiger partial charge >= 0.3 is 0 Å². The first-order chi connectivity index (χ1) is 6.57. The molecular formula is C9H16N4O. The minimum absolute atomic E-state index is 0.0268. The lowest BCUT2D eigenvalue weighted by molar-refractivity contribution is 0.0798. The highest BCUT2D eigenvalue weighted by atomic mass is 16.2. The van der Waals surface area contributed by atoms with Gasteiger partial charge in [-0.1, -0.05) is 0 Å². The monoisotopic (exact) mass is 196 g/mol. The van der Waals surface area contributed by atoms with E-state index in [9.17, 15) is 4.79 Å². The van der Waals surface area contributed by atoms with Crippen LogP contribution < -0.4 is 5.73 Å². The van der Waals surface area contributed by atoms with Gasteiger partial charge in [0.25, 0.3) is 5.91 Å². The molecule has 0 radical (unpaired) electrons. The molecule has 0 saturated heterocycles. The van der Waals surface area contributed by atoms with Gasteiger partial charge in [-0.15, -0.1) is 0 Å². The van der Waals surface area contributed by atoms with E-state index in [2.05, 4.69) is 5.10 Å². The number of aryl methyl sites for hydroxylation is 1. The van der Waals surface area contributed by atoms with E-state index in [0.717, 1.165) is 5.69 Å².